The molecule has 5 rings (SSSR count). The third kappa shape index (κ3) is 3.96. The van der Waals surface area contributed by atoms with E-state index < -0.39 is 0 Å². The number of nitrogen functional groups attached to an aromatic ring is 1. The van der Waals surface area contributed by atoms with Crippen LogP contribution in [0.1, 0.15) is 38.2 Å². The van der Waals surface area contributed by atoms with Gasteiger partial charge in [0.05, 0.1) is 23.8 Å². The summed E-state index contributed by atoms with van der Waals surface area (Å²) in [6.45, 7) is 7.10. The highest BCUT2D eigenvalue weighted by Crippen LogP contribution is 2.28. The van der Waals surface area contributed by atoms with Crippen LogP contribution >= 0.6 is 0 Å². The number of para-hydroxylation sites is 1. The Morgan fingerprint density at radius 1 is 1.03 bits per heavy atom. The van der Waals surface area contributed by atoms with Crippen LogP contribution in [0.15, 0.2) is 61.2 Å². The normalized spacial score (nSPS) is 11.3. The molecule has 0 aliphatic rings. The van der Waals surface area contributed by atoms with Crippen LogP contribution in [0.2, 0.25) is 0 Å². The summed E-state index contributed by atoms with van der Waals surface area (Å²) < 4.78 is 1.76. The Labute approximate surface area is 197 Å². The number of nitrogens with two attached hydrogens (primary N) is 1. The molecule has 34 heavy (non-hydrogen) atoms. The molecule has 0 atom stereocenters. The van der Waals surface area contributed by atoms with Gasteiger partial charge >= 0.3 is 0 Å². The number of benzene rings is 2. The molecule has 0 spiro atoms. The first-order valence-corrected chi connectivity index (χ1v) is 11.2. The van der Waals surface area contributed by atoms with Crippen molar-refractivity contribution in [3.05, 3.63) is 94.6 Å². The van der Waals surface area contributed by atoms with Gasteiger partial charge in [0, 0.05) is 35.9 Å². The third-order valence-corrected chi connectivity index (χ3v) is 6.35. The molecule has 3 heterocycles. The number of amides is 1. The summed E-state index contributed by atoms with van der Waals surface area (Å²) in [5, 5.41) is 10.5. The number of carbonyl (C=O) groups excluding carboxylic acids is 1. The fourth-order valence-electron chi connectivity index (χ4n) is 4.47. The molecule has 7 nitrogen and oxygen atoms in total. The molecule has 0 radical (unpaired) electrons. The van der Waals surface area contributed by atoms with Crippen molar-refractivity contribution in [2.45, 2.75) is 33.9 Å². The summed E-state index contributed by atoms with van der Waals surface area (Å²) in [7, 11) is 0. The highest BCUT2D eigenvalue weighted by atomic mass is 16.1. The van der Waals surface area contributed by atoms with Crippen LogP contribution in [0.3, 0.4) is 0 Å². The number of hydrogen-bond acceptors (Lipinski definition) is 5. The van der Waals surface area contributed by atoms with Crippen LogP contribution in [-0.2, 0) is 13.1 Å². The van der Waals surface area contributed by atoms with Gasteiger partial charge in [-0.1, -0.05) is 18.2 Å². The summed E-state index contributed by atoms with van der Waals surface area (Å²) >= 11 is 0. The maximum absolute atomic E-state index is 12.8. The van der Waals surface area contributed by atoms with E-state index >= 15 is 0 Å². The van der Waals surface area contributed by atoms with E-state index in [-0.39, 0.29) is 5.91 Å². The highest BCUT2D eigenvalue weighted by Gasteiger charge is 2.13. The molecule has 5 aromatic rings. The van der Waals surface area contributed by atoms with E-state index in [1.807, 2.05) is 38.2 Å². The summed E-state index contributed by atoms with van der Waals surface area (Å²) in [5.41, 5.74) is 13.0. The first-order valence-electron chi connectivity index (χ1n) is 11.2. The average Bonchev–Trinajstić information content (AvgIpc) is 3.28. The molecule has 1 amide bonds. The number of aromatic nitrogens is 4. The van der Waals surface area contributed by atoms with Crippen LogP contribution in [0, 0.1) is 20.8 Å². The van der Waals surface area contributed by atoms with Crippen molar-refractivity contribution in [2.24, 2.45) is 0 Å². The quantitative estimate of drug-likeness (QED) is 0.412. The lowest BCUT2D eigenvalue weighted by Gasteiger charge is -2.14. The van der Waals surface area contributed by atoms with Gasteiger partial charge in [-0.25, -0.2) is 4.98 Å². The zero-order valence-corrected chi connectivity index (χ0v) is 19.5. The Hall–Kier alpha value is -4.26. The lowest BCUT2D eigenvalue weighted by atomic mass is 9.96. The van der Waals surface area contributed by atoms with Gasteiger partial charge in [0.2, 0.25) is 0 Å². The van der Waals surface area contributed by atoms with Crippen molar-refractivity contribution < 1.29 is 4.79 Å². The third-order valence-electron chi connectivity index (χ3n) is 6.35. The van der Waals surface area contributed by atoms with E-state index in [2.05, 4.69) is 45.5 Å². The van der Waals surface area contributed by atoms with E-state index in [0.717, 1.165) is 49.5 Å². The maximum Gasteiger partial charge on any atom is 0.254 e. The number of rotatable bonds is 5. The number of nitrogens with zero attached hydrogens (tertiary/aromatic N) is 4. The number of fused-ring (bicyclic) bond motifs is 2. The number of pyridine rings is 2. The smallest absolute Gasteiger partial charge is 0.254 e. The van der Waals surface area contributed by atoms with Crippen LogP contribution in [0.25, 0.3) is 21.7 Å². The molecule has 0 saturated heterocycles. The SMILES string of the molecule is Cc1cc2c(N)nccc2c(C)c1CNC(=O)c1cnn(Cc2cnc3c(C)cccc3c2)c1. The molecule has 3 aromatic heterocycles. The largest absolute Gasteiger partial charge is 0.383 e. The minimum absolute atomic E-state index is 0.161. The Morgan fingerprint density at radius 2 is 1.88 bits per heavy atom. The zero-order chi connectivity index (χ0) is 23.8. The maximum atomic E-state index is 12.8. The highest BCUT2D eigenvalue weighted by molar-refractivity contribution is 5.95. The summed E-state index contributed by atoms with van der Waals surface area (Å²) in [6, 6.07) is 12.3. The zero-order valence-electron chi connectivity index (χ0n) is 19.5. The Morgan fingerprint density at radius 3 is 2.74 bits per heavy atom. The van der Waals surface area contributed by atoms with Gasteiger partial charge < -0.3 is 11.1 Å². The second-order valence-electron chi connectivity index (χ2n) is 8.69. The number of hydrogen-bond donors (Lipinski definition) is 2. The fraction of sp³-hybridized carbons (Fsp3) is 0.185. The average molecular weight is 451 g/mol. The van der Waals surface area contributed by atoms with E-state index in [4.69, 9.17) is 5.73 Å². The predicted octanol–water partition coefficient (Wildman–Crippen LogP) is 4.47. The molecule has 0 aliphatic heterocycles. The van der Waals surface area contributed by atoms with E-state index in [0.29, 0.717) is 24.5 Å². The van der Waals surface area contributed by atoms with Crippen molar-refractivity contribution in [2.75, 3.05) is 5.73 Å². The van der Waals surface area contributed by atoms with Gasteiger partial charge in [-0.2, -0.15) is 5.10 Å². The first-order chi connectivity index (χ1) is 16.4. The number of anilines is 1. The van der Waals surface area contributed by atoms with E-state index in [1.54, 1.807) is 23.3 Å². The number of nitrogens with one attached hydrogen (secondary N) is 1. The number of aryl methyl sites for hydroxylation is 3. The monoisotopic (exact) mass is 450 g/mol. The Kier molecular flexibility index (Phi) is 5.45. The Bertz CT molecular complexity index is 1550. The molecule has 3 N–H and O–H groups in total. The lowest BCUT2D eigenvalue weighted by Crippen LogP contribution is -2.23. The van der Waals surface area contributed by atoms with Crippen molar-refractivity contribution in [1.29, 1.82) is 0 Å². The lowest BCUT2D eigenvalue weighted by molar-refractivity contribution is 0.0950. The molecule has 7 heteroatoms. The standard InChI is InChI=1S/C27H26N6O/c1-16-5-4-6-20-10-19(11-30-25(16)20)14-33-15-21(12-32-33)27(34)31-13-24-17(2)9-23-22(18(24)3)7-8-29-26(23)28/h4-12,15H,13-14H2,1-3H3,(H2,28,29)(H,31,34). The van der Waals surface area contributed by atoms with Crippen LogP contribution in [0.5, 0.6) is 0 Å². The van der Waals surface area contributed by atoms with Gasteiger partial charge in [-0.15, -0.1) is 0 Å². The van der Waals surface area contributed by atoms with E-state index in [9.17, 15) is 4.79 Å². The number of carbonyl (C=O) groups is 1. The predicted molar refractivity (Wildman–Crippen MR) is 135 cm³/mol. The van der Waals surface area contributed by atoms with Crippen molar-refractivity contribution in [3.8, 4) is 0 Å². The molecular formula is C27H26N6O. The minimum atomic E-state index is -0.161. The van der Waals surface area contributed by atoms with Crippen molar-refractivity contribution in [3.63, 3.8) is 0 Å². The van der Waals surface area contributed by atoms with E-state index in [1.165, 1.54) is 0 Å². The fourth-order valence-corrected chi connectivity index (χ4v) is 4.47. The molecule has 2 aromatic carbocycles. The molecular weight excluding hydrogens is 424 g/mol. The van der Waals surface area contributed by atoms with Crippen molar-refractivity contribution in [1.82, 2.24) is 25.1 Å². The summed E-state index contributed by atoms with van der Waals surface area (Å²) in [5.74, 6) is 0.357. The van der Waals surface area contributed by atoms with Crippen LogP contribution in [0.4, 0.5) is 5.82 Å². The van der Waals surface area contributed by atoms with Crippen molar-refractivity contribution >= 4 is 33.4 Å². The minimum Gasteiger partial charge on any atom is -0.383 e. The second-order valence-corrected chi connectivity index (χ2v) is 8.69. The molecule has 170 valence electrons. The van der Waals surface area contributed by atoms with Crippen LogP contribution in [-0.4, -0.2) is 25.7 Å². The van der Waals surface area contributed by atoms with Gasteiger partial charge in [0.1, 0.15) is 5.82 Å². The second kappa shape index (κ2) is 8.59. The summed E-state index contributed by atoms with van der Waals surface area (Å²) in [6.07, 6.45) is 6.94. The molecule has 0 fully saturated rings. The van der Waals surface area contributed by atoms with Gasteiger partial charge in [0.25, 0.3) is 5.91 Å². The topological polar surface area (TPSA) is 98.7 Å². The molecule has 0 bridgehead atoms. The van der Waals surface area contributed by atoms with Gasteiger partial charge in [-0.05, 0) is 72.2 Å². The molecule has 0 aliphatic carbocycles. The van der Waals surface area contributed by atoms with Gasteiger partial charge in [0.15, 0.2) is 0 Å². The van der Waals surface area contributed by atoms with Crippen LogP contribution < -0.4 is 11.1 Å². The summed E-state index contributed by atoms with van der Waals surface area (Å²) in [4.78, 5) is 21.6. The first kappa shape index (κ1) is 21.6. The Balaban J connectivity index is 1.30. The molecule has 0 saturated carbocycles. The molecule has 0 unspecified atom stereocenters. The van der Waals surface area contributed by atoms with Gasteiger partial charge in [-0.3, -0.25) is 14.5 Å².